The van der Waals surface area contributed by atoms with Crippen LogP contribution in [0.5, 0.6) is 5.75 Å². The fraction of sp³-hybridized carbons (Fsp3) is 0.0435. The summed E-state index contributed by atoms with van der Waals surface area (Å²) in [4.78, 5) is 30.7. The van der Waals surface area contributed by atoms with Gasteiger partial charge in [-0.25, -0.2) is 4.99 Å². The van der Waals surface area contributed by atoms with Crippen LogP contribution in [0.2, 0.25) is 0 Å². The number of aromatic nitrogens is 1. The standard InChI is InChI=1S/C23H14N2O3S/c1-25-18(12-24-19-14-7-3-2-6-13(14)10-11-17(19)26)29-23-20(25)21(27)15-8-4-5-9-16(15)22(23)28/h2-12H,1H3/p+1. The van der Waals surface area contributed by atoms with Gasteiger partial charge in [-0.15, -0.1) is 0 Å². The zero-order chi connectivity index (χ0) is 20.1. The number of ketones is 2. The summed E-state index contributed by atoms with van der Waals surface area (Å²) in [6, 6.07) is 18.0. The minimum atomic E-state index is -0.165. The van der Waals surface area contributed by atoms with Crippen molar-refractivity contribution in [2.45, 2.75) is 0 Å². The Bertz CT molecular complexity index is 1370. The van der Waals surface area contributed by atoms with Gasteiger partial charge >= 0.3 is 0 Å². The van der Waals surface area contributed by atoms with Crippen LogP contribution in [0.4, 0.5) is 5.69 Å². The van der Waals surface area contributed by atoms with Gasteiger partial charge in [0.1, 0.15) is 24.7 Å². The van der Waals surface area contributed by atoms with E-state index in [1.807, 2.05) is 30.3 Å². The number of carbonyl (C=O) groups excluding carboxylic acids is 2. The zero-order valence-corrected chi connectivity index (χ0v) is 16.2. The third kappa shape index (κ3) is 2.61. The van der Waals surface area contributed by atoms with Crippen LogP contribution in [-0.4, -0.2) is 22.9 Å². The highest BCUT2D eigenvalue weighted by atomic mass is 32.1. The van der Waals surface area contributed by atoms with Crippen molar-refractivity contribution in [3.8, 4) is 5.75 Å². The Hall–Kier alpha value is -3.64. The molecule has 5 rings (SSSR count). The van der Waals surface area contributed by atoms with Crippen LogP contribution in [-0.2, 0) is 7.05 Å². The highest BCUT2D eigenvalue weighted by molar-refractivity contribution is 7.15. The monoisotopic (exact) mass is 399 g/mol. The minimum Gasteiger partial charge on any atom is -0.506 e. The van der Waals surface area contributed by atoms with Gasteiger partial charge in [0.15, 0.2) is 4.88 Å². The molecule has 0 aliphatic heterocycles. The first-order chi connectivity index (χ1) is 14.1. The molecule has 0 fully saturated rings. The van der Waals surface area contributed by atoms with Crippen LogP contribution in [0, 0.1) is 0 Å². The molecule has 3 aromatic carbocycles. The van der Waals surface area contributed by atoms with E-state index in [0.717, 1.165) is 10.8 Å². The number of carbonyl (C=O) groups is 2. The fourth-order valence-corrected chi connectivity index (χ4v) is 4.71. The van der Waals surface area contributed by atoms with Crippen LogP contribution in [0.3, 0.4) is 0 Å². The minimum absolute atomic E-state index is 0.0727. The van der Waals surface area contributed by atoms with Gasteiger partial charge in [0.05, 0.1) is 0 Å². The van der Waals surface area contributed by atoms with Gasteiger partial charge in [-0.3, -0.25) is 9.59 Å². The molecule has 1 heterocycles. The molecule has 1 aliphatic carbocycles. The molecule has 0 amide bonds. The number of hydrogen-bond donors (Lipinski definition) is 1. The summed E-state index contributed by atoms with van der Waals surface area (Å²) in [6.07, 6.45) is 1.59. The summed E-state index contributed by atoms with van der Waals surface area (Å²) in [5.41, 5.74) is 1.69. The van der Waals surface area contributed by atoms with Crippen LogP contribution in [0.1, 0.15) is 36.3 Å². The highest BCUT2D eigenvalue weighted by Crippen LogP contribution is 2.35. The molecular formula is C23H15N2O3S+. The predicted octanol–water partition coefficient (Wildman–Crippen LogP) is 3.96. The van der Waals surface area contributed by atoms with E-state index in [4.69, 9.17) is 0 Å². The van der Waals surface area contributed by atoms with E-state index in [2.05, 4.69) is 4.99 Å². The first kappa shape index (κ1) is 17.5. The molecular weight excluding hydrogens is 384 g/mol. The van der Waals surface area contributed by atoms with E-state index < -0.39 is 0 Å². The quantitative estimate of drug-likeness (QED) is 0.361. The highest BCUT2D eigenvalue weighted by Gasteiger charge is 2.40. The number of benzene rings is 3. The molecule has 29 heavy (non-hydrogen) atoms. The van der Waals surface area contributed by atoms with Crippen LogP contribution >= 0.6 is 11.3 Å². The van der Waals surface area contributed by atoms with Gasteiger partial charge in [-0.2, -0.15) is 4.57 Å². The maximum Gasteiger partial charge on any atom is 0.281 e. The maximum atomic E-state index is 12.9. The maximum absolute atomic E-state index is 12.9. The molecule has 0 spiro atoms. The topological polar surface area (TPSA) is 70.6 Å². The number of fused-ring (bicyclic) bond motifs is 3. The van der Waals surface area contributed by atoms with Crippen molar-refractivity contribution in [1.82, 2.24) is 0 Å². The molecule has 0 atom stereocenters. The number of hydrogen-bond acceptors (Lipinski definition) is 5. The van der Waals surface area contributed by atoms with Crippen LogP contribution in [0.15, 0.2) is 65.7 Å². The average Bonchev–Trinajstić information content (AvgIpc) is 3.08. The molecule has 1 N–H and O–H groups in total. The Morgan fingerprint density at radius 2 is 1.62 bits per heavy atom. The smallest absolute Gasteiger partial charge is 0.281 e. The molecule has 0 radical (unpaired) electrons. The van der Waals surface area contributed by atoms with Crippen molar-refractivity contribution in [2.24, 2.45) is 12.0 Å². The molecule has 4 aromatic rings. The first-order valence-corrected chi connectivity index (χ1v) is 9.84. The Labute approximate surface area is 170 Å². The van der Waals surface area contributed by atoms with Gasteiger partial charge in [-0.05, 0) is 11.5 Å². The van der Waals surface area contributed by atoms with Crippen LogP contribution < -0.4 is 4.57 Å². The van der Waals surface area contributed by atoms with E-state index in [0.29, 0.717) is 32.4 Å². The fourth-order valence-electron chi connectivity index (χ4n) is 3.63. The van der Waals surface area contributed by atoms with E-state index in [1.54, 1.807) is 48.2 Å². The summed E-state index contributed by atoms with van der Waals surface area (Å²) in [7, 11) is 1.75. The summed E-state index contributed by atoms with van der Waals surface area (Å²) in [6.45, 7) is 0. The number of aromatic hydroxyl groups is 1. The first-order valence-electron chi connectivity index (χ1n) is 9.02. The number of aliphatic imine (C=N–C) groups is 1. The Balaban J connectivity index is 1.63. The van der Waals surface area contributed by atoms with Crippen molar-refractivity contribution in [1.29, 1.82) is 0 Å². The third-order valence-corrected chi connectivity index (χ3v) is 6.28. The van der Waals surface area contributed by atoms with E-state index in [-0.39, 0.29) is 17.3 Å². The third-order valence-electron chi connectivity index (χ3n) is 5.11. The van der Waals surface area contributed by atoms with Crippen molar-refractivity contribution in [3.63, 3.8) is 0 Å². The van der Waals surface area contributed by atoms with Gasteiger partial charge in [0.25, 0.3) is 16.5 Å². The number of nitrogens with zero attached hydrogens (tertiary/aromatic N) is 2. The van der Waals surface area contributed by atoms with Gasteiger partial charge in [0.2, 0.25) is 5.78 Å². The number of phenolic OH excluding ortho intramolecular Hbond substituents is 1. The summed E-state index contributed by atoms with van der Waals surface area (Å²) >= 11 is 1.23. The van der Waals surface area contributed by atoms with Gasteiger partial charge < -0.3 is 5.11 Å². The molecule has 1 aliphatic rings. The number of rotatable bonds is 2. The molecule has 0 bridgehead atoms. The van der Waals surface area contributed by atoms with Crippen LogP contribution in [0.25, 0.3) is 10.8 Å². The molecule has 0 unspecified atom stereocenters. The second-order valence-corrected chi connectivity index (χ2v) is 7.82. The van der Waals surface area contributed by atoms with E-state index in [1.165, 1.54) is 11.3 Å². The van der Waals surface area contributed by atoms with Gasteiger partial charge in [0, 0.05) is 16.5 Å². The lowest BCUT2D eigenvalue weighted by atomic mass is 9.91. The molecule has 1 aromatic heterocycles. The Morgan fingerprint density at radius 3 is 2.41 bits per heavy atom. The predicted molar refractivity (Wildman–Crippen MR) is 112 cm³/mol. The second kappa shape index (κ2) is 6.46. The van der Waals surface area contributed by atoms with Gasteiger partial charge in [-0.1, -0.05) is 65.9 Å². The normalized spacial score (nSPS) is 13.1. The Morgan fingerprint density at radius 1 is 0.931 bits per heavy atom. The van der Waals surface area contributed by atoms with E-state index in [9.17, 15) is 14.7 Å². The molecule has 0 saturated heterocycles. The van der Waals surface area contributed by atoms with Crippen molar-refractivity contribution in [2.75, 3.05) is 0 Å². The lowest BCUT2D eigenvalue weighted by molar-refractivity contribution is -0.669. The summed E-state index contributed by atoms with van der Waals surface area (Å²) < 4.78 is 1.70. The number of thiazole rings is 1. The molecule has 6 heteroatoms. The lowest BCUT2D eigenvalue weighted by Gasteiger charge is -2.10. The summed E-state index contributed by atoms with van der Waals surface area (Å²) in [5, 5.41) is 12.7. The lowest BCUT2D eigenvalue weighted by Crippen LogP contribution is -2.40. The van der Waals surface area contributed by atoms with Crippen molar-refractivity contribution < 1.29 is 19.3 Å². The zero-order valence-electron chi connectivity index (χ0n) is 15.4. The SMILES string of the molecule is C[n+]1c(C=Nc2c(O)ccc3ccccc23)sc2c1C(=O)c1ccccc1C2=O. The Kier molecular flexibility index (Phi) is 3.89. The van der Waals surface area contributed by atoms with E-state index >= 15 is 0 Å². The molecule has 5 nitrogen and oxygen atoms in total. The second-order valence-electron chi connectivity index (χ2n) is 6.79. The average molecular weight is 399 g/mol. The van der Waals surface area contributed by atoms with Crippen molar-refractivity contribution in [3.05, 3.63) is 87.4 Å². The van der Waals surface area contributed by atoms with Crippen molar-refractivity contribution >= 4 is 45.6 Å². The number of phenols is 1. The molecule has 0 saturated carbocycles. The largest absolute Gasteiger partial charge is 0.506 e. The molecule has 140 valence electrons. The summed E-state index contributed by atoms with van der Waals surface area (Å²) in [5.74, 6) is -0.242.